The third kappa shape index (κ3) is 3.76. The summed E-state index contributed by atoms with van der Waals surface area (Å²) in [4.78, 5) is 41.2. The number of aromatic nitrogens is 3. The zero-order valence-corrected chi connectivity index (χ0v) is 15.9. The van der Waals surface area contributed by atoms with Crippen molar-refractivity contribution in [3.05, 3.63) is 34.6 Å². The van der Waals surface area contributed by atoms with E-state index < -0.39 is 0 Å². The van der Waals surface area contributed by atoms with E-state index in [0.29, 0.717) is 37.1 Å². The van der Waals surface area contributed by atoms with Crippen LogP contribution in [-0.2, 0) is 16.1 Å². The average Bonchev–Trinajstić information content (AvgIpc) is 3.28. The molecule has 1 saturated carbocycles. The number of aryl methyl sites for hydroxylation is 1. The first-order valence-corrected chi connectivity index (χ1v) is 10.0. The highest BCUT2D eigenvalue weighted by molar-refractivity contribution is 5.80. The Morgan fingerprint density at radius 2 is 1.68 bits per heavy atom. The van der Waals surface area contributed by atoms with Crippen LogP contribution in [0.5, 0.6) is 0 Å². The minimum Gasteiger partial charge on any atom is -0.339 e. The maximum absolute atomic E-state index is 12.5. The van der Waals surface area contributed by atoms with Crippen LogP contribution in [0.2, 0.25) is 0 Å². The normalized spacial score (nSPS) is 18.0. The molecule has 0 atom stereocenters. The molecule has 1 aromatic carbocycles. The van der Waals surface area contributed by atoms with Crippen molar-refractivity contribution in [1.82, 2.24) is 24.8 Å². The highest BCUT2D eigenvalue weighted by Crippen LogP contribution is 2.26. The van der Waals surface area contributed by atoms with Crippen molar-refractivity contribution in [3.63, 3.8) is 0 Å². The van der Waals surface area contributed by atoms with Gasteiger partial charge in [-0.2, -0.15) is 0 Å². The maximum atomic E-state index is 12.5. The molecule has 0 N–H and O–H groups in total. The van der Waals surface area contributed by atoms with Gasteiger partial charge in [-0.25, -0.2) is 4.68 Å². The van der Waals surface area contributed by atoms with Crippen LogP contribution < -0.4 is 5.56 Å². The summed E-state index contributed by atoms with van der Waals surface area (Å²) >= 11 is 0. The van der Waals surface area contributed by atoms with Gasteiger partial charge in [-0.3, -0.25) is 14.4 Å². The Hall–Kier alpha value is -2.77. The lowest BCUT2D eigenvalue weighted by Gasteiger charge is -2.36. The number of amides is 2. The minimum atomic E-state index is -0.231. The average molecular weight is 383 g/mol. The summed E-state index contributed by atoms with van der Waals surface area (Å²) in [6.07, 6.45) is 4.49. The van der Waals surface area contributed by atoms with E-state index in [-0.39, 0.29) is 36.3 Å². The quantitative estimate of drug-likeness (QED) is 0.787. The summed E-state index contributed by atoms with van der Waals surface area (Å²) in [7, 11) is 0. The van der Waals surface area contributed by atoms with Crippen LogP contribution in [0, 0.1) is 5.92 Å². The van der Waals surface area contributed by atoms with Crippen LogP contribution in [-0.4, -0.2) is 62.8 Å². The van der Waals surface area contributed by atoms with E-state index in [2.05, 4.69) is 10.3 Å². The first-order chi connectivity index (χ1) is 13.6. The summed E-state index contributed by atoms with van der Waals surface area (Å²) in [6, 6.07) is 7.05. The molecule has 8 nitrogen and oxygen atoms in total. The molecule has 28 heavy (non-hydrogen) atoms. The van der Waals surface area contributed by atoms with Crippen molar-refractivity contribution in [2.45, 2.75) is 38.6 Å². The van der Waals surface area contributed by atoms with Gasteiger partial charge in [-0.1, -0.05) is 30.2 Å². The highest BCUT2D eigenvalue weighted by Gasteiger charge is 2.30. The topological polar surface area (TPSA) is 88.4 Å². The van der Waals surface area contributed by atoms with E-state index in [1.165, 1.54) is 4.68 Å². The zero-order chi connectivity index (χ0) is 19.5. The third-order valence-corrected chi connectivity index (χ3v) is 5.82. The van der Waals surface area contributed by atoms with Gasteiger partial charge >= 0.3 is 0 Å². The van der Waals surface area contributed by atoms with Gasteiger partial charge in [0.1, 0.15) is 5.52 Å². The van der Waals surface area contributed by atoms with Crippen LogP contribution in [0.15, 0.2) is 29.1 Å². The highest BCUT2D eigenvalue weighted by atomic mass is 16.2. The molecule has 148 valence electrons. The first kappa shape index (κ1) is 18.6. The molecule has 1 aliphatic carbocycles. The van der Waals surface area contributed by atoms with E-state index in [9.17, 15) is 14.4 Å². The number of hydrogen-bond donors (Lipinski definition) is 0. The van der Waals surface area contributed by atoms with Gasteiger partial charge in [0.05, 0.1) is 11.9 Å². The Kier molecular flexibility index (Phi) is 5.36. The molecular weight excluding hydrogens is 358 g/mol. The molecule has 2 aliphatic rings. The second-order valence-electron chi connectivity index (χ2n) is 7.57. The molecule has 1 saturated heterocycles. The molecule has 2 aromatic rings. The van der Waals surface area contributed by atoms with E-state index >= 15 is 0 Å². The van der Waals surface area contributed by atoms with Gasteiger partial charge < -0.3 is 9.80 Å². The largest absolute Gasteiger partial charge is 0.339 e. The lowest BCUT2D eigenvalue weighted by molar-refractivity contribution is -0.142. The van der Waals surface area contributed by atoms with E-state index in [1.54, 1.807) is 29.2 Å². The molecule has 8 heteroatoms. The van der Waals surface area contributed by atoms with Crippen molar-refractivity contribution in [2.75, 3.05) is 26.2 Å². The number of fused-ring (bicyclic) bond motifs is 1. The molecule has 2 amide bonds. The van der Waals surface area contributed by atoms with E-state index in [0.717, 1.165) is 25.7 Å². The summed E-state index contributed by atoms with van der Waals surface area (Å²) in [5.41, 5.74) is 0.323. The second kappa shape index (κ2) is 8.08. The number of carbonyl (C=O) groups is 2. The van der Waals surface area contributed by atoms with Gasteiger partial charge in [-0.15, -0.1) is 5.10 Å². The number of rotatable bonds is 4. The summed E-state index contributed by atoms with van der Waals surface area (Å²) in [5, 5.41) is 8.48. The number of nitrogens with zero attached hydrogens (tertiary/aromatic N) is 5. The molecule has 4 rings (SSSR count). The molecule has 0 unspecified atom stereocenters. The van der Waals surface area contributed by atoms with Gasteiger partial charge in [0.25, 0.3) is 5.56 Å². The number of piperazine rings is 1. The van der Waals surface area contributed by atoms with Crippen molar-refractivity contribution in [3.8, 4) is 0 Å². The summed E-state index contributed by atoms with van der Waals surface area (Å²) in [6.45, 7) is 2.50. The van der Waals surface area contributed by atoms with Crippen LogP contribution in [0.25, 0.3) is 10.9 Å². The smallest absolute Gasteiger partial charge is 0.277 e. The molecule has 0 bridgehead atoms. The van der Waals surface area contributed by atoms with Crippen LogP contribution >= 0.6 is 0 Å². The van der Waals surface area contributed by atoms with Crippen LogP contribution in [0.4, 0.5) is 0 Å². The standard InChI is InChI=1S/C20H25N5O3/c26-18(9-10-25-20(28)16-7-3-4-8-17(16)21-22-25)23-11-13-24(14-12-23)19(27)15-5-1-2-6-15/h3-4,7-8,15H,1-2,5-6,9-14H2. The Bertz CT molecular complexity index is 927. The predicted octanol–water partition coefficient (Wildman–Crippen LogP) is 1.04. The lowest BCUT2D eigenvalue weighted by atomic mass is 10.1. The van der Waals surface area contributed by atoms with Crippen molar-refractivity contribution in [2.24, 2.45) is 5.92 Å². The van der Waals surface area contributed by atoms with E-state index in [1.807, 2.05) is 4.90 Å². The maximum Gasteiger partial charge on any atom is 0.277 e. The molecule has 2 fully saturated rings. The Morgan fingerprint density at radius 1 is 1.00 bits per heavy atom. The monoisotopic (exact) mass is 383 g/mol. The molecule has 1 aliphatic heterocycles. The van der Waals surface area contributed by atoms with E-state index in [4.69, 9.17) is 0 Å². The minimum absolute atomic E-state index is 0.0187. The fourth-order valence-corrected chi connectivity index (χ4v) is 4.14. The SMILES string of the molecule is O=C(CCn1nnc2ccccc2c1=O)N1CCN(C(=O)C2CCCC2)CC1. The summed E-state index contributed by atoms with van der Waals surface area (Å²) in [5.74, 6) is 0.415. The molecule has 0 spiro atoms. The fourth-order valence-electron chi connectivity index (χ4n) is 4.14. The molecule has 2 heterocycles. The van der Waals surface area contributed by atoms with Crippen molar-refractivity contribution in [1.29, 1.82) is 0 Å². The molecule has 0 radical (unpaired) electrons. The second-order valence-corrected chi connectivity index (χ2v) is 7.57. The number of carbonyl (C=O) groups excluding carboxylic acids is 2. The lowest BCUT2D eigenvalue weighted by Crippen LogP contribution is -2.52. The Balaban J connectivity index is 1.31. The van der Waals surface area contributed by atoms with Crippen LogP contribution in [0.1, 0.15) is 32.1 Å². The Morgan fingerprint density at radius 3 is 2.43 bits per heavy atom. The zero-order valence-electron chi connectivity index (χ0n) is 15.9. The fraction of sp³-hybridized carbons (Fsp3) is 0.550. The van der Waals surface area contributed by atoms with Gasteiger partial charge in [-0.05, 0) is 25.0 Å². The van der Waals surface area contributed by atoms with Crippen LogP contribution in [0.3, 0.4) is 0 Å². The van der Waals surface area contributed by atoms with Gasteiger partial charge in [0.2, 0.25) is 11.8 Å². The Labute approximate surface area is 163 Å². The third-order valence-electron chi connectivity index (χ3n) is 5.82. The summed E-state index contributed by atoms with van der Waals surface area (Å²) < 4.78 is 1.25. The molecular formula is C20H25N5O3. The van der Waals surface area contributed by atoms with Gasteiger partial charge in [0.15, 0.2) is 0 Å². The van der Waals surface area contributed by atoms with Crippen molar-refractivity contribution >= 4 is 22.7 Å². The van der Waals surface area contributed by atoms with Gasteiger partial charge in [0, 0.05) is 38.5 Å². The van der Waals surface area contributed by atoms with Crippen molar-refractivity contribution < 1.29 is 9.59 Å². The predicted molar refractivity (Wildman–Crippen MR) is 104 cm³/mol. The molecule has 1 aromatic heterocycles. The number of benzene rings is 1. The number of hydrogen-bond acceptors (Lipinski definition) is 5. The first-order valence-electron chi connectivity index (χ1n) is 10.0.